The van der Waals surface area contributed by atoms with Gasteiger partial charge in [0, 0.05) is 44.2 Å². The molecule has 1 aliphatic rings. The highest BCUT2D eigenvalue weighted by Crippen LogP contribution is 2.25. The number of amides is 1. The Bertz CT molecular complexity index is 999. The number of carbonyl (C=O) groups is 1. The molecular formula is C22H23N3O4. The lowest BCUT2D eigenvalue weighted by atomic mass is 10.1. The van der Waals surface area contributed by atoms with Crippen molar-refractivity contribution in [2.75, 3.05) is 33.3 Å². The Hall–Kier alpha value is -3.32. The van der Waals surface area contributed by atoms with Gasteiger partial charge in [0.15, 0.2) is 0 Å². The maximum Gasteiger partial charge on any atom is 0.407 e. The quantitative estimate of drug-likeness (QED) is 0.710. The molecule has 7 heteroatoms. The topological polar surface area (TPSA) is 75.1 Å². The van der Waals surface area contributed by atoms with Crippen molar-refractivity contribution in [1.82, 2.24) is 14.8 Å². The standard InChI is InChI=1S/C22H23N3O4/c1-28-18-4-6-19(7-5-18)29-21-9-3-17-14-16(2-8-20(17)23-21)15-24-10-12-25(13-11-24)22(26)27/h2-9,14H,10-13,15H2,1H3,(H,26,27). The van der Waals surface area contributed by atoms with Gasteiger partial charge in [-0.05, 0) is 48.0 Å². The van der Waals surface area contributed by atoms with Gasteiger partial charge in [0.05, 0.1) is 12.6 Å². The normalized spacial score (nSPS) is 14.7. The van der Waals surface area contributed by atoms with E-state index in [0.29, 0.717) is 24.7 Å². The minimum absolute atomic E-state index is 0.542. The van der Waals surface area contributed by atoms with Gasteiger partial charge < -0.3 is 19.5 Å². The summed E-state index contributed by atoms with van der Waals surface area (Å²) in [4.78, 5) is 19.3. The predicted molar refractivity (Wildman–Crippen MR) is 110 cm³/mol. The van der Waals surface area contributed by atoms with E-state index < -0.39 is 6.09 Å². The number of nitrogens with zero attached hydrogens (tertiary/aromatic N) is 3. The Labute approximate surface area is 169 Å². The number of carboxylic acid groups (broad SMARTS) is 1. The fraction of sp³-hybridized carbons (Fsp3) is 0.273. The summed E-state index contributed by atoms with van der Waals surface area (Å²) in [6.07, 6.45) is -0.839. The molecule has 2 heterocycles. The van der Waals surface area contributed by atoms with Crippen molar-refractivity contribution in [1.29, 1.82) is 0 Å². The number of hydrogen-bond acceptors (Lipinski definition) is 5. The van der Waals surface area contributed by atoms with Crippen LogP contribution in [-0.4, -0.2) is 59.3 Å². The van der Waals surface area contributed by atoms with Gasteiger partial charge in [0.2, 0.25) is 5.88 Å². The zero-order valence-corrected chi connectivity index (χ0v) is 16.2. The highest BCUT2D eigenvalue weighted by atomic mass is 16.5. The van der Waals surface area contributed by atoms with Crippen molar-refractivity contribution in [3.8, 4) is 17.4 Å². The van der Waals surface area contributed by atoms with Crippen LogP contribution in [0.2, 0.25) is 0 Å². The van der Waals surface area contributed by atoms with Gasteiger partial charge in [-0.1, -0.05) is 6.07 Å². The van der Waals surface area contributed by atoms with Crippen molar-refractivity contribution in [2.45, 2.75) is 6.54 Å². The average molecular weight is 393 g/mol. The Balaban J connectivity index is 1.42. The van der Waals surface area contributed by atoms with E-state index in [1.165, 1.54) is 10.5 Å². The molecule has 1 amide bonds. The monoisotopic (exact) mass is 393 g/mol. The lowest BCUT2D eigenvalue weighted by molar-refractivity contribution is 0.103. The second-order valence-electron chi connectivity index (χ2n) is 7.00. The first kappa shape index (κ1) is 19.0. The molecule has 0 spiro atoms. The highest BCUT2D eigenvalue weighted by molar-refractivity contribution is 5.79. The number of hydrogen-bond donors (Lipinski definition) is 1. The summed E-state index contributed by atoms with van der Waals surface area (Å²) in [5.74, 6) is 2.02. The van der Waals surface area contributed by atoms with Gasteiger partial charge in [0.25, 0.3) is 0 Å². The smallest absolute Gasteiger partial charge is 0.407 e. The zero-order chi connectivity index (χ0) is 20.2. The van der Waals surface area contributed by atoms with E-state index in [9.17, 15) is 4.79 Å². The summed E-state index contributed by atoms with van der Waals surface area (Å²) >= 11 is 0. The number of fused-ring (bicyclic) bond motifs is 1. The SMILES string of the molecule is COc1ccc(Oc2ccc3cc(CN4CCN(C(=O)O)CC4)ccc3n2)cc1. The van der Waals surface area contributed by atoms with Gasteiger partial charge in [-0.15, -0.1) is 0 Å². The van der Waals surface area contributed by atoms with Crippen molar-refractivity contribution >= 4 is 17.0 Å². The van der Waals surface area contributed by atoms with Crippen LogP contribution >= 0.6 is 0 Å². The number of rotatable bonds is 5. The summed E-state index contributed by atoms with van der Waals surface area (Å²) in [6, 6.07) is 17.4. The Morgan fingerprint density at radius 2 is 1.72 bits per heavy atom. The number of methoxy groups -OCH3 is 1. The van der Waals surface area contributed by atoms with Crippen molar-refractivity contribution in [3.63, 3.8) is 0 Å². The average Bonchev–Trinajstić information content (AvgIpc) is 2.75. The van der Waals surface area contributed by atoms with Gasteiger partial charge in [-0.3, -0.25) is 4.90 Å². The second-order valence-corrected chi connectivity index (χ2v) is 7.00. The van der Waals surface area contributed by atoms with Crippen LogP contribution in [0.1, 0.15) is 5.56 Å². The van der Waals surface area contributed by atoms with Crippen LogP contribution in [-0.2, 0) is 6.54 Å². The minimum atomic E-state index is -0.839. The number of piperazine rings is 1. The van der Waals surface area contributed by atoms with E-state index >= 15 is 0 Å². The molecule has 1 aliphatic heterocycles. The zero-order valence-electron chi connectivity index (χ0n) is 16.2. The van der Waals surface area contributed by atoms with E-state index in [0.717, 1.165) is 36.3 Å². The lowest BCUT2D eigenvalue weighted by Crippen LogP contribution is -2.47. The van der Waals surface area contributed by atoms with Crippen LogP contribution in [0.5, 0.6) is 17.4 Å². The summed E-state index contributed by atoms with van der Waals surface area (Å²) in [5.41, 5.74) is 2.06. The van der Waals surface area contributed by atoms with Gasteiger partial charge in [-0.2, -0.15) is 0 Å². The molecule has 1 aromatic heterocycles. The molecule has 7 nitrogen and oxygen atoms in total. The summed E-state index contributed by atoms with van der Waals surface area (Å²) in [6.45, 7) is 3.40. The third-order valence-corrected chi connectivity index (χ3v) is 5.06. The van der Waals surface area contributed by atoms with E-state index in [-0.39, 0.29) is 0 Å². The molecule has 1 saturated heterocycles. The lowest BCUT2D eigenvalue weighted by Gasteiger charge is -2.33. The fourth-order valence-electron chi connectivity index (χ4n) is 3.43. The number of aromatic nitrogens is 1. The van der Waals surface area contributed by atoms with Crippen LogP contribution in [0.4, 0.5) is 4.79 Å². The molecule has 1 fully saturated rings. The third kappa shape index (κ3) is 4.57. The van der Waals surface area contributed by atoms with Gasteiger partial charge in [-0.25, -0.2) is 9.78 Å². The maximum absolute atomic E-state index is 11.0. The molecule has 29 heavy (non-hydrogen) atoms. The van der Waals surface area contributed by atoms with E-state index in [1.807, 2.05) is 42.5 Å². The van der Waals surface area contributed by atoms with Crippen molar-refractivity contribution in [3.05, 3.63) is 60.2 Å². The number of benzene rings is 2. The number of ether oxygens (including phenoxy) is 2. The van der Waals surface area contributed by atoms with Crippen LogP contribution in [0.3, 0.4) is 0 Å². The van der Waals surface area contributed by atoms with Crippen molar-refractivity contribution < 1.29 is 19.4 Å². The molecular weight excluding hydrogens is 370 g/mol. The highest BCUT2D eigenvalue weighted by Gasteiger charge is 2.20. The van der Waals surface area contributed by atoms with Crippen LogP contribution in [0.25, 0.3) is 10.9 Å². The molecule has 150 valence electrons. The molecule has 0 saturated carbocycles. The second kappa shape index (κ2) is 8.36. The van der Waals surface area contributed by atoms with E-state index in [4.69, 9.17) is 14.6 Å². The molecule has 0 aliphatic carbocycles. The van der Waals surface area contributed by atoms with Crippen molar-refractivity contribution in [2.24, 2.45) is 0 Å². The minimum Gasteiger partial charge on any atom is -0.497 e. The fourth-order valence-corrected chi connectivity index (χ4v) is 3.43. The summed E-state index contributed by atoms with van der Waals surface area (Å²) in [7, 11) is 1.63. The molecule has 3 aromatic rings. The van der Waals surface area contributed by atoms with Gasteiger partial charge in [0.1, 0.15) is 11.5 Å². The summed E-state index contributed by atoms with van der Waals surface area (Å²) in [5, 5.41) is 10.1. The first-order chi connectivity index (χ1) is 14.1. The molecule has 1 N–H and O–H groups in total. The van der Waals surface area contributed by atoms with Crippen LogP contribution in [0.15, 0.2) is 54.6 Å². The van der Waals surface area contributed by atoms with Gasteiger partial charge >= 0.3 is 6.09 Å². The van der Waals surface area contributed by atoms with E-state index in [2.05, 4.69) is 22.0 Å². The first-order valence-corrected chi connectivity index (χ1v) is 9.52. The van der Waals surface area contributed by atoms with Crippen LogP contribution in [0, 0.1) is 0 Å². The van der Waals surface area contributed by atoms with Crippen LogP contribution < -0.4 is 9.47 Å². The molecule has 2 aromatic carbocycles. The summed E-state index contributed by atoms with van der Waals surface area (Å²) < 4.78 is 11.0. The molecule has 0 radical (unpaired) electrons. The molecule has 0 unspecified atom stereocenters. The third-order valence-electron chi connectivity index (χ3n) is 5.06. The Morgan fingerprint density at radius 1 is 1.00 bits per heavy atom. The molecule has 0 bridgehead atoms. The predicted octanol–water partition coefficient (Wildman–Crippen LogP) is 3.83. The Kier molecular flexibility index (Phi) is 5.48. The maximum atomic E-state index is 11.0. The molecule has 0 atom stereocenters. The number of pyridine rings is 1. The molecule has 4 rings (SSSR count). The Morgan fingerprint density at radius 3 is 2.41 bits per heavy atom. The van der Waals surface area contributed by atoms with E-state index in [1.54, 1.807) is 7.11 Å². The largest absolute Gasteiger partial charge is 0.497 e. The first-order valence-electron chi connectivity index (χ1n) is 9.52.